The minimum absolute atomic E-state index is 0.0562. The van der Waals surface area contributed by atoms with Crippen molar-refractivity contribution < 1.29 is 9.53 Å². The van der Waals surface area contributed by atoms with Gasteiger partial charge in [-0.1, -0.05) is 15.9 Å². The van der Waals surface area contributed by atoms with Gasteiger partial charge in [0.05, 0.1) is 13.2 Å². The maximum Gasteiger partial charge on any atom is 0.262 e. The van der Waals surface area contributed by atoms with Gasteiger partial charge >= 0.3 is 0 Å². The van der Waals surface area contributed by atoms with Crippen LogP contribution in [0.3, 0.4) is 0 Å². The van der Waals surface area contributed by atoms with Crippen LogP contribution in [-0.2, 0) is 4.74 Å². The molecular weight excluding hydrogens is 346 g/mol. The number of halogens is 2. The van der Waals surface area contributed by atoms with E-state index >= 15 is 0 Å². The molecule has 0 saturated heterocycles. The van der Waals surface area contributed by atoms with Crippen LogP contribution in [0.4, 0.5) is 0 Å². The van der Waals surface area contributed by atoms with E-state index < -0.39 is 0 Å². The average molecular weight is 357 g/mol. The summed E-state index contributed by atoms with van der Waals surface area (Å²) in [6.45, 7) is 1.75. The predicted octanol–water partition coefficient (Wildman–Crippen LogP) is 2.65. The van der Waals surface area contributed by atoms with Gasteiger partial charge in [0.15, 0.2) is 0 Å². The third-order valence-electron chi connectivity index (χ3n) is 1.58. The summed E-state index contributed by atoms with van der Waals surface area (Å²) in [5.41, 5.74) is 0. The summed E-state index contributed by atoms with van der Waals surface area (Å²) < 4.78 is 6.05. The summed E-state index contributed by atoms with van der Waals surface area (Å²) in [7, 11) is 0. The van der Waals surface area contributed by atoms with Crippen LogP contribution in [0.1, 0.15) is 9.67 Å². The zero-order chi connectivity index (χ0) is 11.1. The van der Waals surface area contributed by atoms with Crippen molar-refractivity contribution >= 4 is 49.1 Å². The van der Waals surface area contributed by atoms with Gasteiger partial charge in [-0.25, -0.2) is 0 Å². The SMILES string of the molecule is O=C(NCCOCCBr)c1sccc1Br. The van der Waals surface area contributed by atoms with E-state index in [4.69, 9.17) is 4.74 Å². The highest BCUT2D eigenvalue weighted by atomic mass is 79.9. The molecule has 15 heavy (non-hydrogen) atoms. The van der Waals surface area contributed by atoms with E-state index in [1.165, 1.54) is 11.3 Å². The number of carbonyl (C=O) groups is 1. The highest BCUT2D eigenvalue weighted by Gasteiger charge is 2.09. The van der Waals surface area contributed by atoms with Gasteiger partial charge < -0.3 is 10.1 Å². The van der Waals surface area contributed by atoms with Crippen molar-refractivity contribution in [1.29, 1.82) is 0 Å². The largest absolute Gasteiger partial charge is 0.379 e. The topological polar surface area (TPSA) is 38.3 Å². The summed E-state index contributed by atoms with van der Waals surface area (Å²) >= 11 is 7.99. The number of hydrogen-bond acceptors (Lipinski definition) is 3. The molecule has 1 rings (SSSR count). The maximum atomic E-state index is 11.6. The lowest BCUT2D eigenvalue weighted by Gasteiger charge is -2.04. The monoisotopic (exact) mass is 355 g/mol. The molecule has 84 valence electrons. The lowest BCUT2D eigenvalue weighted by molar-refractivity contribution is 0.0927. The summed E-state index contributed by atoms with van der Waals surface area (Å²) in [6, 6.07) is 1.86. The van der Waals surface area contributed by atoms with Gasteiger partial charge in [0.25, 0.3) is 5.91 Å². The molecular formula is C9H11Br2NO2S. The van der Waals surface area contributed by atoms with E-state index in [2.05, 4.69) is 37.2 Å². The van der Waals surface area contributed by atoms with Gasteiger partial charge in [-0.2, -0.15) is 0 Å². The molecule has 0 fully saturated rings. The molecule has 0 radical (unpaired) electrons. The first-order valence-corrected chi connectivity index (χ1v) is 7.20. The number of alkyl halides is 1. The number of carbonyl (C=O) groups excluding carboxylic acids is 1. The van der Waals surface area contributed by atoms with E-state index in [-0.39, 0.29) is 5.91 Å². The van der Waals surface area contributed by atoms with Gasteiger partial charge in [0.2, 0.25) is 0 Å². The fourth-order valence-electron chi connectivity index (χ4n) is 0.929. The quantitative estimate of drug-likeness (QED) is 0.628. The Morgan fingerprint density at radius 3 is 2.93 bits per heavy atom. The van der Waals surface area contributed by atoms with Crippen LogP contribution < -0.4 is 5.32 Å². The summed E-state index contributed by atoms with van der Waals surface area (Å²) in [5.74, 6) is -0.0562. The Kier molecular flexibility index (Phi) is 6.47. The fourth-order valence-corrected chi connectivity index (χ4v) is 2.63. The second-order valence-corrected chi connectivity index (χ2v) is 5.22. The minimum atomic E-state index is -0.0562. The van der Waals surface area contributed by atoms with Crippen molar-refractivity contribution in [1.82, 2.24) is 5.32 Å². The van der Waals surface area contributed by atoms with E-state index in [0.717, 1.165) is 9.80 Å². The Labute approximate surface area is 109 Å². The molecule has 1 aromatic rings. The molecule has 3 nitrogen and oxygen atoms in total. The van der Waals surface area contributed by atoms with Crippen LogP contribution >= 0.6 is 43.2 Å². The second-order valence-electron chi connectivity index (χ2n) is 2.65. The highest BCUT2D eigenvalue weighted by molar-refractivity contribution is 9.10. The molecule has 0 saturated carbocycles. The fraction of sp³-hybridized carbons (Fsp3) is 0.444. The molecule has 6 heteroatoms. The Morgan fingerprint density at radius 2 is 2.33 bits per heavy atom. The normalized spacial score (nSPS) is 10.3. The minimum Gasteiger partial charge on any atom is -0.379 e. The summed E-state index contributed by atoms with van der Waals surface area (Å²) in [4.78, 5) is 12.3. The van der Waals surface area contributed by atoms with E-state index in [9.17, 15) is 4.79 Å². The highest BCUT2D eigenvalue weighted by Crippen LogP contribution is 2.21. The van der Waals surface area contributed by atoms with E-state index in [1.807, 2.05) is 11.4 Å². The molecule has 0 spiro atoms. The van der Waals surface area contributed by atoms with Gasteiger partial charge in [-0.05, 0) is 27.4 Å². The molecule has 0 aliphatic carbocycles. The Bertz CT molecular complexity index is 317. The Morgan fingerprint density at radius 1 is 1.53 bits per heavy atom. The lowest BCUT2D eigenvalue weighted by Crippen LogP contribution is -2.27. The van der Waals surface area contributed by atoms with E-state index in [0.29, 0.717) is 24.6 Å². The van der Waals surface area contributed by atoms with Crippen molar-refractivity contribution in [2.75, 3.05) is 25.1 Å². The summed E-state index contributed by atoms with van der Waals surface area (Å²) in [5, 5.41) is 5.48. The van der Waals surface area contributed by atoms with Crippen LogP contribution in [0.25, 0.3) is 0 Å². The molecule has 1 N–H and O–H groups in total. The molecule has 1 amide bonds. The first kappa shape index (κ1) is 13.2. The molecule has 0 unspecified atom stereocenters. The van der Waals surface area contributed by atoms with Crippen molar-refractivity contribution in [3.05, 3.63) is 20.8 Å². The molecule has 0 bridgehead atoms. The van der Waals surface area contributed by atoms with Gasteiger partial charge in [-0.15, -0.1) is 11.3 Å². The van der Waals surface area contributed by atoms with Gasteiger partial charge in [0.1, 0.15) is 4.88 Å². The average Bonchev–Trinajstić information content (AvgIpc) is 2.64. The molecule has 0 aliphatic rings. The van der Waals surface area contributed by atoms with Crippen LogP contribution in [0.2, 0.25) is 0 Å². The molecule has 0 atom stereocenters. The third kappa shape index (κ3) is 4.63. The zero-order valence-electron chi connectivity index (χ0n) is 7.96. The molecule has 1 aromatic heterocycles. The zero-order valence-corrected chi connectivity index (χ0v) is 12.0. The maximum absolute atomic E-state index is 11.6. The number of nitrogens with one attached hydrogen (secondary N) is 1. The van der Waals surface area contributed by atoms with Crippen LogP contribution in [0.5, 0.6) is 0 Å². The van der Waals surface area contributed by atoms with Crippen LogP contribution in [0, 0.1) is 0 Å². The predicted molar refractivity (Wildman–Crippen MR) is 69.0 cm³/mol. The van der Waals surface area contributed by atoms with Crippen molar-refractivity contribution in [2.24, 2.45) is 0 Å². The number of rotatable bonds is 6. The molecule has 0 aliphatic heterocycles. The van der Waals surface area contributed by atoms with Crippen LogP contribution in [-0.4, -0.2) is 31.0 Å². The van der Waals surface area contributed by atoms with Gasteiger partial charge in [0, 0.05) is 16.3 Å². The van der Waals surface area contributed by atoms with E-state index in [1.54, 1.807) is 0 Å². The number of hydrogen-bond donors (Lipinski definition) is 1. The molecule has 1 heterocycles. The standard InChI is InChI=1S/C9H11Br2NO2S/c10-2-4-14-5-3-12-9(13)8-7(11)1-6-15-8/h1,6H,2-5H2,(H,12,13). The lowest BCUT2D eigenvalue weighted by atomic mass is 10.4. The number of thiophene rings is 1. The van der Waals surface area contributed by atoms with Crippen LogP contribution in [0.15, 0.2) is 15.9 Å². The number of amides is 1. The van der Waals surface area contributed by atoms with Crippen molar-refractivity contribution in [3.8, 4) is 0 Å². The first-order chi connectivity index (χ1) is 7.25. The smallest absolute Gasteiger partial charge is 0.262 e. The second kappa shape index (κ2) is 7.38. The number of ether oxygens (including phenoxy) is 1. The Balaban J connectivity index is 2.22. The van der Waals surface area contributed by atoms with Crippen molar-refractivity contribution in [3.63, 3.8) is 0 Å². The van der Waals surface area contributed by atoms with Gasteiger partial charge in [-0.3, -0.25) is 4.79 Å². The first-order valence-electron chi connectivity index (χ1n) is 4.40. The Hall–Kier alpha value is 0.0900. The third-order valence-corrected chi connectivity index (χ3v) is 3.74. The molecule has 0 aromatic carbocycles. The van der Waals surface area contributed by atoms with Crippen molar-refractivity contribution in [2.45, 2.75) is 0 Å². The summed E-state index contributed by atoms with van der Waals surface area (Å²) in [6.07, 6.45) is 0.